The number of hydrogen-bond acceptors (Lipinski definition) is 19. The highest BCUT2D eigenvalue weighted by molar-refractivity contribution is 7.91. The first kappa shape index (κ1) is 116. The number of aryl methyl sites for hydroxylation is 2. The van der Waals surface area contributed by atoms with Gasteiger partial charge in [0.15, 0.2) is 53.4 Å². The van der Waals surface area contributed by atoms with E-state index in [0.717, 1.165) is 114 Å². The van der Waals surface area contributed by atoms with Crippen LogP contribution in [-0.4, -0.2) is 126 Å². The molecule has 0 bridgehead atoms. The van der Waals surface area contributed by atoms with E-state index in [1.54, 1.807) is 29.7 Å². The summed E-state index contributed by atoms with van der Waals surface area (Å²) in [7, 11) is -4.34. The first-order valence-electron chi connectivity index (χ1n) is 46.9. The number of sulfone groups is 1. The van der Waals surface area contributed by atoms with Gasteiger partial charge in [-0.25, -0.2) is 8.42 Å². The normalized spacial score (nSPS) is 14.0. The topological polar surface area (TPSA) is 240 Å². The van der Waals surface area contributed by atoms with Gasteiger partial charge in [0, 0.05) is 29.2 Å². The Morgan fingerprint density at radius 3 is 1.28 bits per heavy atom. The quantitative estimate of drug-likeness (QED) is 0.0205. The van der Waals surface area contributed by atoms with E-state index in [1.807, 2.05) is 201 Å². The molecular formula is C109H154ClNO18S3. The first-order chi connectivity index (χ1) is 62.9. The summed E-state index contributed by atoms with van der Waals surface area (Å²) in [5.41, 5.74) is 13.7. The lowest BCUT2D eigenvalue weighted by Crippen LogP contribution is -3.00. The van der Waals surface area contributed by atoms with Crippen LogP contribution < -0.4 is 46.6 Å². The minimum Gasteiger partial charge on any atom is -1.00 e. The van der Waals surface area contributed by atoms with Gasteiger partial charge in [0.25, 0.3) is 0 Å². The molecule has 0 spiro atoms. The van der Waals surface area contributed by atoms with Crippen molar-refractivity contribution in [1.82, 2.24) is 0 Å². The summed E-state index contributed by atoms with van der Waals surface area (Å²) in [6.45, 7) is 46.6. The number of aliphatic hydroxyl groups is 1. The summed E-state index contributed by atoms with van der Waals surface area (Å²) in [5.74, 6) is 8.89. The number of aliphatic hydroxyl groups excluding tert-OH is 1. The number of rotatable bonds is 50. The second-order valence-corrected chi connectivity index (χ2v) is 37.5. The lowest BCUT2D eigenvalue weighted by molar-refractivity contribution is -0.377. The molecule has 2 heterocycles. The van der Waals surface area contributed by atoms with Gasteiger partial charge in [-0.1, -0.05) is 192 Å². The van der Waals surface area contributed by atoms with Crippen molar-refractivity contribution in [1.29, 1.82) is 0 Å². The highest BCUT2D eigenvalue weighted by Gasteiger charge is 2.21. The minimum atomic E-state index is -3.30. The minimum absolute atomic E-state index is 0. The number of Topliss-reactive ketones (excluding diaryl/α,β-unsaturated/α-hetero) is 1. The van der Waals surface area contributed by atoms with Gasteiger partial charge in [-0.05, 0) is 296 Å². The molecule has 0 amide bonds. The molecule has 0 aliphatic rings. The predicted molar refractivity (Wildman–Crippen MR) is 533 cm³/mol. The van der Waals surface area contributed by atoms with Crippen molar-refractivity contribution in [3.05, 3.63) is 285 Å². The van der Waals surface area contributed by atoms with Crippen molar-refractivity contribution < 1.29 is 102 Å². The zero-order valence-corrected chi connectivity index (χ0v) is 85.6. The van der Waals surface area contributed by atoms with E-state index in [1.165, 1.54) is 32.7 Å². The number of ether oxygens (including phenoxy) is 12. The van der Waals surface area contributed by atoms with E-state index in [-0.39, 0.29) is 49.1 Å². The average Bonchev–Trinajstić information content (AvgIpc) is 1.09. The molecule has 0 fully saturated rings. The Hall–Kier alpha value is -8.72. The number of ketones is 1. The molecule has 4 N–H and O–H groups in total. The van der Waals surface area contributed by atoms with Crippen LogP contribution in [0.2, 0.25) is 0 Å². The maximum atomic E-state index is 12.5. The Labute approximate surface area is 804 Å². The molecule has 132 heavy (non-hydrogen) atoms. The lowest BCUT2D eigenvalue weighted by atomic mass is 9.95. The summed E-state index contributed by atoms with van der Waals surface area (Å²) < 4.78 is 110. The zero-order chi connectivity index (χ0) is 96.1. The molecule has 8 aromatic carbocycles. The molecule has 0 aliphatic carbocycles. The predicted octanol–water partition coefficient (Wildman–Crippen LogP) is 22.5. The molecule has 13 unspecified atom stereocenters. The Bertz CT molecular complexity index is 4810. The van der Waals surface area contributed by atoms with Gasteiger partial charge in [0.2, 0.25) is 0 Å². The largest absolute Gasteiger partial charge is 1.00 e. The fourth-order valence-corrected chi connectivity index (χ4v) is 16.4. The zero-order valence-electron chi connectivity index (χ0n) is 82.4. The maximum absolute atomic E-state index is 12.5. The molecule has 0 aliphatic heterocycles. The van der Waals surface area contributed by atoms with Crippen LogP contribution >= 0.6 is 11.3 Å². The highest BCUT2D eigenvalue weighted by Crippen LogP contribution is 2.32. The van der Waals surface area contributed by atoms with Crippen LogP contribution in [0, 0.1) is 13.8 Å². The highest BCUT2D eigenvalue weighted by atomic mass is 35.5. The number of hydrogen-bond donors (Lipinski definition) is 2. The first-order valence-corrected chi connectivity index (χ1v) is 50.8. The Morgan fingerprint density at radius 1 is 0.424 bits per heavy atom. The molecule has 2 aromatic heterocycles. The molecule has 10 aromatic rings. The molecule has 19 nitrogen and oxygen atoms in total. The second kappa shape index (κ2) is 65.1. The Kier molecular flexibility index (Phi) is 57.0. The van der Waals surface area contributed by atoms with E-state index in [0.29, 0.717) is 104 Å². The summed E-state index contributed by atoms with van der Waals surface area (Å²) >= 11 is 1.70. The molecule has 0 saturated heterocycles. The smallest absolute Gasteiger partial charge is 0.197 e. The SMILES string of the molecule is CCC(C)c1ccc(OC(C)OCCCS(=O)(=O)c2ccc(C)cc2C)cc1.CCC(C)c1ccc(OC(C)OCCS(=O)c2ccccc2)cc1.CCC(C)c1ccc(OC(C)OCC[NH3+])cc1.CCC(C)c1ccc(OC(C)OCCc2ccco2)cc1.CCC(C)c1ccc(OC(C)OCCc2cccs2)c(C(=O)CO)c1.CCOC(C)Oc1cccc(C(C)CC)c1.[Cl-]. The molecule has 728 valence electrons. The van der Waals surface area contributed by atoms with E-state index in [4.69, 9.17) is 61.3 Å². The molecule has 13 atom stereocenters. The number of carbonyl (C=O) groups is 1. The van der Waals surface area contributed by atoms with Gasteiger partial charge in [-0.15, -0.1) is 11.3 Å². The Morgan fingerprint density at radius 2 is 0.848 bits per heavy atom. The number of furan rings is 1. The molecule has 0 radical (unpaired) electrons. The van der Waals surface area contributed by atoms with Crippen molar-refractivity contribution in [2.75, 3.05) is 64.3 Å². The van der Waals surface area contributed by atoms with Gasteiger partial charge in [0.1, 0.15) is 46.9 Å². The summed E-state index contributed by atoms with van der Waals surface area (Å²) in [6.07, 6.45) is 8.40. The van der Waals surface area contributed by atoms with Crippen LogP contribution in [-0.2, 0) is 61.9 Å². The Balaban J connectivity index is 0.000000334. The van der Waals surface area contributed by atoms with Crippen molar-refractivity contribution in [2.45, 2.75) is 286 Å². The number of quaternary nitrogens is 1. The third kappa shape index (κ3) is 44.6. The fraction of sp³-hybridized carbons (Fsp3) is 0.477. The monoisotopic (exact) mass is 1900 g/mol. The maximum Gasteiger partial charge on any atom is 0.197 e. The standard InChI is InChI=1S/C23H32O4S.C20H26O4S.C20H26O3S.C18H24O3.C14H23NO2.C14H22O2.ClH/c1-6-18(3)21-9-11-22(12-10-21)27-20(5)26-14-7-15-28(24,25)23-13-8-17(2)16-19(23)4;1-4-14(2)16-7-8-20(18(12-16)19(22)13-21)24-15(3)23-10-9-17-6-5-11-25-17;1-4-16(2)18-10-12-19(13-11-18)23-17(3)22-14-15-24(21)20-8-6-5-7-9-20;1-4-14(2)16-7-9-18(10-8-16)21-15(3)19-13-11-17-6-5-12-20-17;1-4-11(2)13-5-7-14(8-6-13)17-12(3)16-10-9-15;1-5-11(3)13-8-7-9-14(10-13)16-12(4)15-6-2;/h8-13,16,18,20H,6-7,14-15H2,1-5H3;5-8,11-12,14-15,21H,4,9-10,13H2,1-3H3;5-13,16-17H,4,14-15H2,1-3H3;5-10,12,14-15H,4,11,13H2,1-3H3;5-8,11-12H,4,9-10,15H2,1-3H3;7-12H,5-6H2,1-4H3;1H. The van der Waals surface area contributed by atoms with Crippen molar-refractivity contribution in [3.63, 3.8) is 0 Å². The molecule has 10 rings (SSSR count). The molecule has 23 heteroatoms. The van der Waals surface area contributed by atoms with Gasteiger partial charge >= 0.3 is 0 Å². The third-order valence-electron chi connectivity index (χ3n) is 22.4. The summed E-state index contributed by atoms with van der Waals surface area (Å²) in [5, 5.41) is 11.3. The van der Waals surface area contributed by atoms with Crippen LogP contribution in [0.15, 0.2) is 238 Å². The average molecular weight is 1900 g/mol. The molecular weight excluding hydrogens is 1740 g/mol. The lowest BCUT2D eigenvalue weighted by Gasteiger charge is -2.19. The van der Waals surface area contributed by atoms with E-state index in [2.05, 4.69) is 156 Å². The van der Waals surface area contributed by atoms with E-state index in [9.17, 15) is 22.5 Å². The number of benzene rings is 8. The van der Waals surface area contributed by atoms with Gasteiger partial charge in [-0.3, -0.25) is 9.00 Å². The van der Waals surface area contributed by atoms with E-state index < -0.39 is 39.8 Å². The third-order valence-corrected chi connectivity index (χ3v) is 26.6. The van der Waals surface area contributed by atoms with Crippen LogP contribution in [0.3, 0.4) is 0 Å². The summed E-state index contributed by atoms with van der Waals surface area (Å²) in [4.78, 5) is 14.6. The van der Waals surface area contributed by atoms with Crippen molar-refractivity contribution in [2.24, 2.45) is 0 Å². The van der Waals surface area contributed by atoms with Gasteiger partial charge < -0.3 is 84.5 Å². The van der Waals surface area contributed by atoms with Gasteiger partial charge in [0.05, 0.1) is 78.6 Å². The van der Waals surface area contributed by atoms with Crippen LogP contribution in [0.25, 0.3) is 0 Å². The number of thiophene rings is 1. The van der Waals surface area contributed by atoms with E-state index >= 15 is 0 Å². The second-order valence-electron chi connectivity index (χ2n) is 32.8. The van der Waals surface area contributed by atoms with Crippen molar-refractivity contribution >= 4 is 37.8 Å². The van der Waals surface area contributed by atoms with Crippen molar-refractivity contribution in [3.8, 4) is 34.5 Å². The fourth-order valence-electron chi connectivity index (χ4n) is 13.2. The van der Waals surface area contributed by atoms with Gasteiger partial charge in [-0.2, -0.15) is 0 Å². The number of halogens is 1. The summed E-state index contributed by atoms with van der Waals surface area (Å²) in [6, 6.07) is 69.3. The van der Waals surface area contributed by atoms with Crippen LogP contribution in [0.4, 0.5) is 0 Å². The molecule has 0 saturated carbocycles. The van der Waals surface area contributed by atoms with Crippen LogP contribution in [0.1, 0.15) is 278 Å². The number of carbonyl (C=O) groups excluding carboxylic acids is 1. The van der Waals surface area contributed by atoms with Crippen LogP contribution in [0.5, 0.6) is 34.5 Å².